The molecule has 0 saturated carbocycles. The lowest BCUT2D eigenvalue weighted by Gasteiger charge is -2.12. The normalized spacial score (nSPS) is 10.4. The fraction of sp³-hybridized carbons (Fsp3) is 0.294. The predicted molar refractivity (Wildman–Crippen MR) is 79.2 cm³/mol. The van der Waals surface area contributed by atoms with E-state index >= 15 is 0 Å². The number of benzene rings is 2. The molecule has 0 saturated heterocycles. The number of anilines is 1. The third kappa shape index (κ3) is 2.73. The van der Waals surface area contributed by atoms with E-state index in [-0.39, 0.29) is 0 Å². The number of rotatable bonds is 3. The van der Waals surface area contributed by atoms with Crippen LogP contribution in [0.4, 0.5) is 5.69 Å². The largest absolute Gasteiger partial charge is 0.381 e. The molecule has 0 atom stereocenters. The quantitative estimate of drug-likeness (QED) is 0.829. The van der Waals surface area contributed by atoms with E-state index in [0.717, 1.165) is 6.54 Å². The average Bonchev–Trinajstić information content (AvgIpc) is 2.35. The Morgan fingerprint density at radius 1 is 0.833 bits per heavy atom. The highest BCUT2D eigenvalue weighted by molar-refractivity contribution is 5.54. The maximum Gasteiger partial charge on any atom is 0.0400 e. The molecule has 2 aromatic rings. The van der Waals surface area contributed by atoms with Crippen LogP contribution >= 0.6 is 0 Å². The molecule has 2 rings (SSSR count). The summed E-state index contributed by atoms with van der Waals surface area (Å²) >= 11 is 0. The fourth-order valence-electron chi connectivity index (χ4n) is 2.05. The maximum absolute atomic E-state index is 3.52. The van der Waals surface area contributed by atoms with Gasteiger partial charge in [0.05, 0.1) is 0 Å². The summed E-state index contributed by atoms with van der Waals surface area (Å²) in [4.78, 5) is 0. The van der Waals surface area contributed by atoms with Crippen molar-refractivity contribution in [2.45, 2.75) is 34.2 Å². The number of nitrogens with one attached hydrogen (secondary N) is 1. The van der Waals surface area contributed by atoms with Crippen molar-refractivity contribution in [2.75, 3.05) is 5.32 Å². The zero-order valence-corrected chi connectivity index (χ0v) is 11.7. The molecule has 2 aromatic carbocycles. The topological polar surface area (TPSA) is 12.0 Å². The fourth-order valence-corrected chi connectivity index (χ4v) is 2.05. The van der Waals surface area contributed by atoms with E-state index in [9.17, 15) is 0 Å². The summed E-state index contributed by atoms with van der Waals surface area (Å²) in [5, 5.41) is 3.52. The van der Waals surface area contributed by atoms with Gasteiger partial charge in [-0.1, -0.05) is 30.3 Å². The monoisotopic (exact) mass is 239 g/mol. The Morgan fingerprint density at radius 2 is 1.61 bits per heavy atom. The molecule has 0 fully saturated rings. The van der Waals surface area contributed by atoms with Crippen LogP contribution in [-0.2, 0) is 6.54 Å². The van der Waals surface area contributed by atoms with Crippen molar-refractivity contribution >= 4 is 5.69 Å². The van der Waals surface area contributed by atoms with Gasteiger partial charge in [0.25, 0.3) is 0 Å². The summed E-state index contributed by atoms with van der Waals surface area (Å²) in [5.74, 6) is 0. The molecule has 1 heteroatoms. The Hall–Kier alpha value is -1.76. The molecule has 0 aliphatic rings. The number of hydrogen-bond donors (Lipinski definition) is 1. The van der Waals surface area contributed by atoms with Crippen molar-refractivity contribution < 1.29 is 0 Å². The molecule has 0 aliphatic carbocycles. The Labute approximate surface area is 110 Å². The maximum atomic E-state index is 3.52. The van der Waals surface area contributed by atoms with Crippen molar-refractivity contribution in [3.8, 4) is 0 Å². The van der Waals surface area contributed by atoms with Gasteiger partial charge in [-0.25, -0.2) is 0 Å². The number of aryl methyl sites for hydroxylation is 3. The minimum absolute atomic E-state index is 0.880. The molecule has 1 nitrogen and oxygen atoms in total. The van der Waals surface area contributed by atoms with Crippen LogP contribution < -0.4 is 5.32 Å². The van der Waals surface area contributed by atoms with Gasteiger partial charge in [-0.05, 0) is 61.6 Å². The van der Waals surface area contributed by atoms with Crippen LogP contribution in [0.1, 0.15) is 27.8 Å². The molecule has 0 spiro atoms. The van der Waals surface area contributed by atoms with Crippen LogP contribution in [0.2, 0.25) is 0 Å². The van der Waals surface area contributed by atoms with Crippen molar-refractivity contribution in [3.05, 3.63) is 64.2 Å². The van der Waals surface area contributed by atoms with Crippen LogP contribution in [0.3, 0.4) is 0 Å². The molecule has 0 aromatic heterocycles. The minimum Gasteiger partial charge on any atom is -0.381 e. The average molecular weight is 239 g/mol. The molecule has 0 aliphatic heterocycles. The molecule has 0 radical (unpaired) electrons. The number of hydrogen-bond acceptors (Lipinski definition) is 1. The first-order valence-corrected chi connectivity index (χ1v) is 6.44. The van der Waals surface area contributed by atoms with Crippen molar-refractivity contribution in [1.29, 1.82) is 0 Å². The van der Waals surface area contributed by atoms with Gasteiger partial charge >= 0.3 is 0 Å². The van der Waals surface area contributed by atoms with Crippen molar-refractivity contribution in [2.24, 2.45) is 0 Å². The molecule has 0 bridgehead atoms. The van der Waals surface area contributed by atoms with E-state index in [2.05, 4.69) is 69.4 Å². The second-order valence-corrected chi connectivity index (χ2v) is 5.02. The standard InChI is InChI=1S/C17H21N/c1-12-8-9-16(10-14(12)3)11-18-17-7-5-6-13(2)15(17)4/h5-10,18H,11H2,1-4H3. The highest BCUT2D eigenvalue weighted by Gasteiger charge is 2.01. The van der Waals surface area contributed by atoms with E-state index in [1.807, 2.05) is 0 Å². The first-order valence-electron chi connectivity index (χ1n) is 6.44. The Kier molecular flexibility index (Phi) is 3.71. The van der Waals surface area contributed by atoms with Gasteiger partial charge in [-0.3, -0.25) is 0 Å². The van der Waals surface area contributed by atoms with Crippen LogP contribution in [0.15, 0.2) is 36.4 Å². The van der Waals surface area contributed by atoms with E-state index in [1.165, 1.54) is 33.5 Å². The summed E-state index contributed by atoms with van der Waals surface area (Å²) in [7, 11) is 0. The molecule has 94 valence electrons. The van der Waals surface area contributed by atoms with Crippen molar-refractivity contribution in [1.82, 2.24) is 0 Å². The van der Waals surface area contributed by atoms with Crippen molar-refractivity contribution in [3.63, 3.8) is 0 Å². The van der Waals surface area contributed by atoms with Crippen LogP contribution in [-0.4, -0.2) is 0 Å². The van der Waals surface area contributed by atoms with E-state index in [0.29, 0.717) is 0 Å². The zero-order valence-electron chi connectivity index (χ0n) is 11.7. The molecule has 0 unspecified atom stereocenters. The third-order valence-corrected chi connectivity index (χ3v) is 3.66. The summed E-state index contributed by atoms with van der Waals surface area (Å²) in [6, 6.07) is 13.0. The van der Waals surface area contributed by atoms with Gasteiger partial charge in [0.1, 0.15) is 0 Å². The molecular weight excluding hydrogens is 218 g/mol. The summed E-state index contributed by atoms with van der Waals surface area (Å²) in [6.07, 6.45) is 0. The van der Waals surface area contributed by atoms with Gasteiger partial charge in [-0.2, -0.15) is 0 Å². The molecule has 1 N–H and O–H groups in total. The summed E-state index contributed by atoms with van der Waals surface area (Å²) in [5.41, 5.74) is 7.94. The van der Waals surface area contributed by atoms with Crippen LogP contribution in [0.25, 0.3) is 0 Å². The highest BCUT2D eigenvalue weighted by Crippen LogP contribution is 2.19. The Morgan fingerprint density at radius 3 is 2.33 bits per heavy atom. The minimum atomic E-state index is 0.880. The van der Waals surface area contributed by atoms with E-state index in [1.54, 1.807) is 0 Å². The Balaban J connectivity index is 2.11. The lowest BCUT2D eigenvalue weighted by Crippen LogP contribution is -2.02. The van der Waals surface area contributed by atoms with Gasteiger partial charge in [0, 0.05) is 12.2 Å². The van der Waals surface area contributed by atoms with Crippen LogP contribution in [0.5, 0.6) is 0 Å². The Bertz CT molecular complexity index is 556. The first-order chi connectivity index (χ1) is 8.58. The molecule has 18 heavy (non-hydrogen) atoms. The van der Waals surface area contributed by atoms with Gasteiger partial charge in [-0.15, -0.1) is 0 Å². The van der Waals surface area contributed by atoms with E-state index < -0.39 is 0 Å². The van der Waals surface area contributed by atoms with Gasteiger partial charge in [0.2, 0.25) is 0 Å². The predicted octanol–water partition coefficient (Wildman–Crippen LogP) is 4.53. The molecule has 0 heterocycles. The van der Waals surface area contributed by atoms with E-state index in [4.69, 9.17) is 0 Å². The van der Waals surface area contributed by atoms with Crippen LogP contribution in [0, 0.1) is 27.7 Å². The lowest BCUT2D eigenvalue weighted by molar-refractivity contribution is 1.12. The molecule has 0 amide bonds. The third-order valence-electron chi connectivity index (χ3n) is 3.66. The second-order valence-electron chi connectivity index (χ2n) is 5.02. The molecular formula is C17H21N. The second kappa shape index (κ2) is 5.26. The summed E-state index contributed by atoms with van der Waals surface area (Å²) < 4.78 is 0. The van der Waals surface area contributed by atoms with Gasteiger partial charge in [0.15, 0.2) is 0 Å². The smallest absolute Gasteiger partial charge is 0.0400 e. The SMILES string of the molecule is Cc1ccc(CNc2cccc(C)c2C)cc1C. The lowest BCUT2D eigenvalue weighted by atomic mass is 10.1. The van der Waals surface area contributed by atoms with Gasteiger partial charge < -0.3 is 5.32 Å². The zero-order chi connectivity index (χ0) is 13.1. The summed E-state index contributed by atoms with van der Waals surface area (Å²) in [6.45, 7) is 9.51. The first kappa shape index (κ1) is 12.7. The highest BCUT2D eigenvalue weighted by atomic mass is 14.9.